The molecule has 0 aliphatic carbocycles. The highest BCUT2D eigenvalue weighted by atomic mass is 16.5. The molecule has 7 nitrogen and oxygen atoms in total. The first-order valence-corrected chi connectivity index (χ1v) is 10.4. The van der Waals surface area contributed by atoms with Crippen LogP contribution in [-0.2, 0) is 32.9 Å². The monoisotopic (exact) mass is 409 g/mol. The van der Waals surface area contributed by atoms with Gasteiger partial charge in [0.1, 0.15) is 11.5 Å². The molecule has 0 atom stereocenters. The first kappa shape index (κ1) is 21.5. The van der Waals surface area contributed by atoms with E-state index in [1.807, 2.05) is 42.2 Å². The summed E-state index contributed by atoms with van der Waals surface area (Å²) in [5, 5.41) is 11.4. The van der Waals surface area contributed by atoms with Gasteiger partial charge in [-0.2, -0.15) is 5.10 Å². The van der Waals surface area contributed by atoms with Gasteiger partial charge < -0.3 is 19.8 Å². The average molecular weight is 410 g/mol. The van der Waals surface area contributed by atoms with Crippen LogP contribution in [0.2, 0.25) is 0 Å². The minimum atomic E-state index is 0.593. The molecule has 30 heavy (non-hydrogen) atoms. The van der Waals surface area contributed by atoms with Crippen molar-refractivity contribution < 1.29 is 9.15 Å². The number of ether oxygens (including phenoxy) is 1. The summed E-state index contributed by atoms with van der Waals surface area (Å²) in [5.74, 6) is 2.62. The Morgan fingerprint density at radius 3 is 2.57 bits per heavy atom. The number of aryl methyl sites for hydroxylation is 2. The van der Waals surface area contributed by atoms with Crippen molar-refractivity contribution in [3.05, 3.63) is 71.4 Å². The quantitative estimate of drug-likeness (QED) is 0.397. The third-order valence-corrected chi connectivity index (χ3v) is 4.84. The normalized spacial score (nSPS) is 11.5. The number of aromatic nitrogens is 2. The topological polar surface area (TPSA) is 76.6 Å². The molecule has 2 aromatic heterocycles. The predicted molar refractivity (Wildman–Crippen MR) is 119 cm³/mol. The van der Waals surface area contributed by atoms with E-state index in [0.717, 1.165) is 61.1 Å². The zero-order valence-electron chi connectivity index (χ0n) is 18.0. The van der Waals surface area contributed by atoms with Gasteiger partial charge in [0.25, 0.3) is 0 Å². The molecule has 0 aliphatic rings. The maximum atomic E-state index is 5.41. The minimum absolute atomic E-state index is 0.593. The summed E-state index contributed by atoms with van der Waals surface area (Å²) in [4.78, 5) is 4.78. The SMILES string of the molecule is CCc1nn(C)cc1CN=C(NCCc1ccc(OC)cc1)NCCc1ccco1. The van der Waals surface area contributed by atoms with E-state index in [4.69, 9.17) is 14.1 Å². The smallest absolute Gasteiger partial charge is 0.191 e. The standard InChI is InChI=1S/C23H31N5O2/c1-4-22-19(17-28(2)27-22)16-26-23(25-14-12-21-6-5-15-30-21)24-13-11-18-7-9-20(29-3)10-8-18/h5-10,15,17H,4,11-14,16H2,1-3H3,(H2,24,25,26). The van der Waals surface area contributed by atoms with E-state index in [1.54, 1.807) is 13.4 Å². The molecular formula is C23H31N5O2. The van der Waals surface area contributed by atoms with Crippen LogP contribution in [0, 0.1) is 0 Å². The number of benzene rings is 1. The zero-order chi connectivity index (χ0) is 21.2. The van der Waals surface area contributed by atoms with E-state index in [-0.39, 0.29) is 0 Å². The van der Waals surface area contributed by atoms with Crippen LogP contribution in [0.1, 0.15) is 29.5 Å². The summed E-state index contributed by atoms with van der Waals surface area (Å²) >= 11 is 0. The lowest BCUT2D eigenvalue weighted by Gasteiger charge is -2.12. The number of nitrogens with zero attached hydrogens (tertiary/aromatic N) is 3. The lowest BCUT2D eigenvalue weighted by molar-refractivity contribution is 0.414. The Morgan fingerprint density at radius 1 is 1.13 bits per heavy atom. The van der Waals surface area contributed by atoms with Gasteiger partial charge >= 0.3 is 0 Å². The molecule has 0 saturated carbocycles. The lowest BCUT2D eigenvalue weighted by Crippen LogP contribution is -2.39. The maximum absolute atomic E-state index is 5.41. The predicted octanol–water partition coefficient (Wildman–Crippen LogP) is 3.10. The summed E-state index contributed by atoms with van der Waals surface area (Å²) in [7, 11) is 3.63. The fourth-order valence-corrected chi connectivity index (χ4v) is 3.23. The van der Waals surface area contributed by atoms with Crippen molar-refractivity contribution in [1.29, 1.82) is 0 Å². The molecule has 7 heteroatoms. The Balaban J connectivity index is 1.58. The van der Waals surface area contributed by atoms with E-state index < -0.39 is 0 Å². The molecule has 0 fully saturated rings. The number of nitrogens with one attached hydrogen (secondary N) is 2. The first-order valence-electron chi connectivity index (χ1n) is 10.4. The molecule has 0 saturated heterocycles. The Morgan fingerprint density at radius 2 is 1.90 bits per heavy atom. The van der Waals surface area contributed by atoms with Crippen LogP contribution < -0.4 is 15.4 Å². The van der Waals surface area contributed by atoms with Crippen molar-refractivity contribution in [2.24, 2.45) is 12.0 Å². The Kier molecular flexibility index (Phi) is 7.94. The van der Waals surface area contributed by atoms with Crippen LogP contribution >= 0.6 is 0 Å². The van der Waals surface area contributed by atoms with E-state index >= 15 is 0 Å². The number of rotatable bonds is 10. The second kappa shape index (κ2) is 11.1. The molecule has 0 spiro atoms. The number of aliphatic imine (C=N–C) groups is 1. The molecule has 0 unspecified atom stereocenters. The molecule has 3 rings (SSSR count). The number of hydrogen-bond acceptors (Lipinski definition) is 4. The Hall–Kier alpha value is -3.22. The Bertz CT molecular complexity index is 914. The molecule has 2 N–H and O–H groups in total. The van der Waals surface area contributed by atoms with Crippen molar-refractivity contribution in [2.75, 3.05) is 20.2 Å². The van der Waals surface area contributed by atoms with Crippen LogP contribution in [0.4, 0.5) is 0 Å². The molecule has 0 aliphatic heterocycles. The summed E-state index contributed by atoms with van der Waals surface area (Å²) < 4.78 is 12.5. The molecular weight excluding hydrogens is 378 g/mol. The molecule has 2 heterocycles. The van der Waals surface area contributed by atoms with Crippen molar-refractivity contribution in [1.82, 2.24) is 20.4 Å². The summed E-state index contributed by atoms with van der Waals surface area (Å²) in [5.41, 5.74) is 3.50. The highest BCUT2D eigenvalue weighted by Crippen LogP contribution is 2.11. The van der Waals surface area contributed by atoms with Crippen LogP contribution in [-0.4, -0.2) is 35.9 Å². The molecule has 160 valence electrons. The van der Waals surface area contributed by atoms with Gasteiger partial charge in [-0.1, -0.05) is 19.1 Å². The van der Waals surface area contributed by atoms with Gasteiger partial charge in [0.2, 0.25) is 0 Å². The highest BCUT2D eigenvalue weighted by molar-refractivity contribution is 5.79. The fourth-order valence-electron chi connectivity index (χ4n) is 3.23. The second-order valence-electron chi connectivity index (χ2n) is 7.07. The third-order valence-electron chi connectivity index (χ3n) is 4.84. The van der Waals surface area contributed by atoms with E-state index in [2.05, 4.69) is 34.8 Å². The largest absolute Gasteiger partial charge is 0.497 e. The number of furan rings is 1. The minimum Gasteiger partial charge on any atom is -0.497 e. The van der Waals surface area contributed by atoms with Gasteiger partial charge in [0.05, 0.1) is 25.6 Å². The molecule has 0 amide bonds. The summed E-state index contributed by atoms with van der Waals surface area (Å²) in [6.07, 6.45) is 6.35. The summed E-state index contributed by atoms with van der Waals surface area (Å²) in [6, 6.07) is 12.0. The number of hydrogen-bond donors (Lipinski definition) is 2. The Labute approximate surface area is 178 Å². The van der Waals surface area contributed by atoms with Crippen LogP contribution in [0.25, 0.3) is 0 Å². The van der Waals surface area contributed by atoms with E-state index in [1.165, 1.54) is 5.56 Å². The van der Waals surface area contributed by atoms with Crippen molar-refractivity contribution in [3.8, 4) is 5.75 Å². The van der Waals surface area contributed by atoms with Gasteiger partial charge in [-0.3, -0.25) is 4.68 Å². The third kappa shape index (κ3) is 6.40. The highest BCUT2D eigenvalue weighted by Gasteiger charge is 2.06. The van der Waals surface area contributed by atoms with E-state index in [0.29, 0.717) is 6.54 Å². The average Bonchev–Trinajstić information content (AvgIpc) is 3.41. The van der Waals surface area contributed by atoms with Gasteiger partial charge in [-0.25, -0.2) is 4.99 Å². The number of methoxy groups -OCH3 is 1. The van der Waals surface area contributed by atoms with Crippen molar-refractivity contribution in [3.63, 3.8) is 0 Å². The van der Waals surface area contributed by atoms with Crippen molar-refractivity contribution >= 4 is 5.96 Å². The molecule has 1 aromatic carbocycles. The lowest BCUT2D eigenvalue weighted by atomic mass is 10.1. The second-order valence-corrected chi connectivity index (χ2v) is 7.07. The first-order chi connectivity index (χ1) is 14.7. The molecule has 0 bridgehead atoms. The van der Waals surface area contributed by atoms with Gasteiger partial charge in [0.15, 0.2) is 5.96 Å². The van der Waals surface area contributed by atoms with Crippen LogP contribution in [0.3, 0.4) is 0 Å². The van der Waals surface area contributed by atoms with Crippen LogP contribution in [0.15, 0.2) is 58.3 Å². The maximum Gasteiger partial charge on any atom is 0.191 e. The fraction of sp³-hybridized carbons (Fsp3) is 0.391. The zero-order valence-corrected chi connectivity index (χ0v) is 18.0. The van der Waals surface area contributed by atoms with Gasteiger partial charge in [-0.15, -0.1) is 0 Å². The molecule has 0 radical (unpaired) electrons. The van der Waals surface area contributed by atoms with Gasteiger partial charge in [0, 0.05) is 38.3 Å². The van der Waals surface area contributed by atoms with Crippen molar-refractivity contribution in [2.45, 2.75) is 32.7 Å². The summed E-state index contributed by atoms with van der Waals surface area (Å²) in [6.45, 7) is 4.24. The molecule has 3 aromatic rings. The van der Waals surface area contributed by atoms with Gasteiger partial charge in [-0.05, 0) is 42.7 Å². The van der Waals surface area contributed by atoms with Crippen LogP contribution in [0.5, 0.6) is 5.75 Å². The van der Waals surface area contributed by atoms with E-state index in [9.17, 15) is 0 Å². The number of guanidine groups is 1.